The van der Waals surface area contributed by atoms with Crippen LogP contribution in [0.4, 0.5) is 5.82 Å². The summed E-state index contributed by atoms with van der Waals surface area (Å²) in [5, 5.41) is 13.3. The Bertz CT molecular complexity index is 644. The zero-order valence-corrected chi connectivity index (χ0v) is 10.9. The fourth-order valence-corrected chi connectivity index (χ4v) is 2.50. The molecule has 19 heavy (non-hydrogen) atoms. The van der Waals surface area contributed by atoms with Gasteiger partial charge in [0.15, 0.2) is 0 Å². The molecule has 0 saturated carbocycles. The highest BCUT2D eigenvalue weighted by Gasteiger charge is 2.16. The molecule has 0 radical (unpaired) electrons. The van der Waals surface area contributed by atoms with Gasteiger partial charge in [-0.2, -0.15) is 5.26 Å². The fourth-order valence-electron chi connectivity index (χ4n) is 2.50. The molecule has 1 aliphatic heterocycles. The summed E-state index contributed by atoms with van der Waals surface area (Å²) in [7, 11) is 0. The van der Waals surface area contributed by atoms with Crippen LogP contribution in [0.15, 0.2) is 30.3 Å². The number of hydrogen-bond acceptors (Lipinski definition) is 4. The highest BCUT2D eigenvalue weighted by Crippen LogP contribution is 2.20. The number of pyridine rings is 1. The number of nitrogens with zero attached hydrogens (tertiary/aromatic N) is 3. The second-order valence-corrected chi connectivity index (χ2v) is 4.99. The van der Waals surface area contributed by atoms with Crippen LogP contribution < -0.4 is 10.2 Å². The van der Waals surface area contributed by atoms with Crippen LogP contribution >= 0.6 is 0 Å². The third-order valence-electron chi connectivity index (χ3n) is 3.50. The first kappa shape index (κ1) is 11.9. The van der Waals surface area contributed by atoms with Gasteiger partial charge in [-0.15, -0.1) is 0 Å². The lowest BCUT2D eigenvalue weighted by molar-refractivity contribution is 0.482. The third kappa shape index (κ3) is 2.38. The molecule has 0 spiro atoms. The van der Waals surface area contributed by atoms with Crippen LogP contribution in [-0.4, -0.2) is 30.7 Å². The van der Waals surface area contributed by atoms with Crippen molar-refractivity contribution in [2.75, 3.05) is 24.5 Å². The van der Waals surface area contributed by atoms with E-state index in [4.69, 9.17) is 10.2 Å². The first-order chi connectivity index (χ1) is 9.26. The zero-order valence-electron chi connectivity index (χ0n) is 10.9. The SMILES string of the molecule is C[C@@H]1CN(c2ccc3cc(C#N)ccc3n2)CCN1. The fraction of sp³-hybridized carbons (Fsp3) is 0.333. The Morgan fingerprint density at radius 1 is 1.37 bits per heavy atom. The minimum absolute atomic E-state index is 0.493. The monoisotopic (exact) mass is 252 g/mol. The molecule has 1 N–H and O–H groups in total. The van der Waals surface area contributed by atoms with Crippen LogP contribution in [0, 0.1) is 11.3 Å². The maximum absolute atomic E-state index is 8.90. The van der Waals surface area contributed by atoms with Crippen molar-refractivity contribution in [1.82, 2.24) is 10.3 Å². The molecule has 96 valence electrons. The van der Waals surface area contributed by atoms with Gasteiger partial charge in [0.2, 0.25) is 0 Å². The van der Waals surface area contributed by atoms with Crippen molar-refractivity contribution in [3.05, 3.63) is 35.9 Å². The number of anilines is 1. The summed E-state index contributed by atoms with van der Waals surface area (Å²) in [5.74, 6) is 1.02. The van der Waals surface area contributed by atoms with E-state index in [1.54, 1.807) is 0 Å². The molecule has 0 bridgehead atoms. The van der Waals surface area contributed by atoms with Gasteiger partial charge < -0.3 is 10.2 Å². The Balaban J connectivity index is 1.95. The zero-order chi connectivity index (χ0) is 13.2. The minimum Gasteiger partial charge on any atom is -0.354 e. The van der Waals surface area contributed by atoms with Crippen LogP contribution in [0.5, 0.6) is 0 Å². The Hall–Kier alpha value is -2.12. The van der Waals surface area contributed by atoms with Gasteiger partial charge >= 0.3 is 0 Å². The number of hydrogen-bond donors (Lipinski definition) is 1. The molecule has 1 fully saturated rings. The van der Waals surface area contributed by atoms with Crippen molar-refractivity contribution in [2.45, 2.75) is 13.0 Å². The van der Waals surface area contributed by atoms with E-state index in [-0.39, 0.29) is 0 Å². The molecule has 4 nitrogen and oxygen atoms in total. The lowest BCUT2D eigenvalue weighted by Crippen LogP contribution is -2.49. The van der Waals surface area contributed by atoms with Crippen molar-refractivity contribution >= 4 is 16.7 Å². The Morgan fingerprint density at radius 3 is 3.05 bits per heavy atom. The maximum atomic E-state index is 8.90. The van der Waals surface area contributed by atoms with Crippen LogP contribution in [0.1, 0.15) is 12.5 Å². The predicted octanol–water partition coefficient (Wildman–Crippen LogP) is 1.90. The third-order valence-corrected chi connectivity index (χ3v) is 3.50. The molecule has 3 rings (SSSR count). The molecule has 2 heterocycles. The molecule has 1 saturated heterocycles. The lowest BCUT2D eigenvalue weighted by atomic mass is 10.1. The van der Waals surface area contributed by atoms with E-state index in [9.17, 15) is 0 Å². The lowest BCUT2D eigenvalue weighted by Gasteiger charge is -2.32. The number of aromatic nitrogens is 1. The summed E-state index contributed by atoms with van der Waals surface area (Å²) in [6.45, 7) is 5.15. The normalized spacial score (nSPS) is 19.4. The highest BCUT2D eigenvalue weighted by atomic mass is 15.2. The van der Waals surface area contributed by atoms with Crippen molar-refractivity contribution in [3.63, 3.8) is 0 Å². The molecule has 0 amide bonds. The van der Waals surface area contributed by atoms with Gasteiger partial charge in [0.1, 0.15) is 5.82 Å². The Labute approximate surface area is 112 Å². The first-order valence-corrected chi connectivity index (χ1v) is 6.55. The van der Waals surface area contributed by atoms with E-state index in [1.165, 1.54) is 0 Å². The maximum Gasteiger partial charge on any atom is 0.129 e. The van der Waals surface area contributed by atoms with Crippen molar-refractivity contribution in [1.29, 1.82) is 5.26 Å². The molecule has 0 unspecified atom stereocenters. The van der Waals surface area contributed by atoms with Gasteiger partial charge in [0.25, 0.3) is 0 Å². The summed E-state index contributed by atoms with van der Waals surface area (Å²) in [4.78, 5) is 7.00. The molecule has 2 aromatic rings. The predicted molar refractivity (Wildman–Crippen MR) is 76.1 cm³/mol. The minimum atomic E-state index is 0.493. The molecular weight excluding hydrogens is 236 g/mol. The highest BCUT2D eigenvalue weighted by molar-refractivity contribution is 5.81. The standard InChI is InChI=1S/C15H16N4/c1-11-10-19(7-6-17-11)15-5-3-13-8-12(9-16)2-4-14(13)18-15/h2-5,8,11,17H,6-7,10H2,1H3/t11-/m1/s1. The molecule has 0 aliphatic carbocycles. The van der Waals surface area contributed by atoms with E-state index in [1.807, 2.05) is 30.3 Å². The smallest absolute Gasteiger partial charge is 0.129 e. The summed E-state index contributed by atoms with van der Waals surface area (Å²) in [6.07, 6.45) is 0. The van der Waals surface area contributed by atoms with Crippen LogP contribution in [0.2, 0.25) is 0 Å². The number of benzene rings is 1. The van der Waals surface area contributed by atoms with Crippen LogP contribution in [-0.2, 0) is 0 Å². The van der Waals surface area contributed by atoms with E-state index in [0.29, 0.717) is 11.6 Å². The van der Waals surface area contributed by atoms with Crippen molar-refractivity contribution in [3.8, 4) is 6.07 Å². The first-order valence-electron chi connectivity index (χ1n) is 6.55. The van der Waals surface area contributed by atoms with Crippen LogP contribution in [0.3, 0.4) is 0 Å². The van der Waals surface area contributed by atoms with Gasteiger partial charge in [-0.25, -0.2) is 4.98 Å². The van der Waals surface area contributed by atoms with E-state index < -0.39 is 0 Å². The topological polar surface area (TPSA) is 52.0 Å². The molecule has 1 aromatic carbocycles. The van der Waals surface area contributed by atoms with Gasteiger partial charge in [-0.3, -0.25) is 0 Å². The van der Waals surface area contributed by atoms with Crippen LogP contribution in [0.25, 0.3) is 10.9 Å². The van der Waals surface area contributed by atoms with E-state index in [0.717, 1.165) is 36.4 Å². The Morgan fingerprint density at radius 2 is 2.26 bits per heavy atom. The summed E-state index contributed by atoms with van der Waals surface area (Å²) >= 11 is 0. The van der Waals surface area contributed by atoms with E-state index in [2.05, 4.69) is 23.2 Å². The number of rotatable bonds is 1. The Kier molecular flexibility index (Phi) is 3.06. The van der Waals surface area contributed by atoms with Crippen molar-refractivity contribution < 1.29 is 0 Å². The summed E-state index contributed by atoms with van der Waals surface area (Å²) in [6, 6.07) is 12.4. The summed E-state index contributed by atoms with van der Waals surface area (Å²) < 4.78 is 0. The number of nitriles is 1. The van der Waals surface area contributed by atoms with Gasteiger partial charge in [-0.05, 0) is 37.3 Å². The quantitative estimate of drug-likeness (QED) is 0.842. The molecule has 4 heteroatoms. The van der Waals surface area contributed by atoms with E-state index >= 15 is 0 Å². The summed E-state index contributed by atoms with van der Waals surface area (Å²) in [5.41, 5.74) is 1.63. The molecular formula is C15H16N4. The molecule has 1 atom stereocenters. The second kappa shape index (κ2) is 4.87. The molecule has 1 aromatic heterocycles. The number of fused-ring (bicyclic) bond motifs is 1. The average molecular weight is 252 g/mol. The largest absolute Gasteiger partial charge is 0.354 e. The average Bonchev–Trinajstić information content (AvgIpc) is 2.46. The number of nitrogens with one attached hydrogen (secondary N) is 1. The van der Waals surface area contributed by atoms with Gasteiger partial charge in [-0.1, -0.05) is 0 Å². The van der Waals surface area contributed by atoms with Crippen molar-refractivity contribution in [2.24, 2.45) is 0 Å². The number of piperazine rings is 1. The van der Waals surface area contributed by atoms with Gasteiger partial charge in [0, 0.05) is 31.1 Å². The second-order valence-electron chi connectivity index (χ2n) is 4.99. The molecule has 1 aliphatic rings. The van der Waals surface area contributed by atoms with Gasteiger partial charge in [0.05, 0.1) is 17.1 Å².